The molecule has 1 aliphatic rings. The van der Waals surface area contributed by atoms with Crippen LogP contribution in [-0.4, -0.2) is 35.0 Å². The minimum atomic E-state index is -0.834. The van der Waals surface area contributed by atoms with Gasteiger partial charge < -0.3 is 10.0 Å². The summed E-state index contributed by atoms with van der Waals surface area (Å²) in [5.74, 6) is -0.839. The molecule has 0 aromatic heterocycles. The summed E-state index contributed by atoms with van der Waals surface area (Å²) in [6, 6.07) is 7.45. The van der Waals surface area contributed by atoms with Gasteiger partial charge in [-0.15, -0.1) is 0 Å². The first kappa shape index (κ1) is 14.9. The number of hydrogen-bond acceptors (Lipinski definition) is 2. The predicted molar refractivity (Wildman–Crippen MR) is 76.7 cm³/mol. The second-order valence-electron chi connectivity index (χ2n) is 5.52. The Morgan fingerprint density at radius 1 is 1.40 bits per heavy atom. The summed E-state index contributed by atoms with van der Waals surface area (Å²) >= 11 is 6.05. The van der Waals surface area contributed by atoms with E-state index in [2.05, 4.69) is 0 Å². The molecule has 1 N–H and O–H groups in total. The van der Waals surface area contributed by atoms with Crippen LogP contribution in [0.25, 0.3) is 0 Å². The van der Waals surface area contributed by atoms with Gasteiger partial charge in [-0.1, -0.05) is 29.8 Å². The number of carboxylic acids is 1. The highest BCUT2D eigenvalue weighted by atomic mass is 35.5. The number of amides is 1. The Labute approximate surface area is 123 Å². The van der Waals surface area contributed by atoms with E-state index in [1.165, 1.54) is 0 Å². The zero-order chi connectivity index (χ0) is 14.8. The molecule has 1 fully saturated rings. The molecule has 0 radical (unpaired) electrons. The van der Waals surface area contributed by atoms with E-state index in [-0.39, 0.29) is 5.91 Å². The molecule has 1 aromatic carbocycles. The molecular formula is C15H18ClNO3. The average Bonchev–Trinajstić information content (AvgIpc) is 2.82. The Kier molecular flexibility index (Phi) is 4.33. The van der Waals surface area contributed by atoms with Gasteiger partial charge in [0.05, 0.1) is 5.41 Å². The van der Waals surface area contributed by atoms with Crippen LogP contribution in [0.2, 0.25) is 5.02 Å². The van der Waals surface area contributed by atoms with Crippen LogP contribution in [0.4, 0.5) is 0 Å². The van der Waals surface area contributed by atoms with Crippen LogP contribution in [0.15, 0.2) is 24.3 Å². The normalized spacial score (nSPS) is 22.0. The van der Waals surface area contributed by atoms with Gasteiger partial charge in [0.15, 0.2) is 0 Å². The third-order valence-corrected chi connectivity index (χ3v) is 4.28. The molecule has 2 rings (SSSR count). The number of carbonyl (C=O) groups excluding carboxylic acids is 1. The second-order valence-corrected chi connectivity index (χ2v) is 5.93. The molecule has 1 aliphatic heterocycles. The number of aliphatic carboxylic acids is 1. The lowest BCUT2D eigenvalue weighted by Crippen LogP contribution is -2.34. The SMILES string of the molecule is C[C@@]1(C(=O)O)CCN(C(=O)CCc2ccccc2Cl)C1. The smallest absolute Gasteiger partial charge is 0.311 e. The van der Waals surface area contributed by atoms with Gasteiger partial charge in [0.25, 0.3) is 0 Å². The van der Waals surface area contributed by atoms with Crippen molar-refractivity contribution >= 4 is 23.5 Å². The number of rotatable bonds is 4. The predicted octanol–water partition coefficient (Wildman–Crippen LogP) is 2.60. The van der Waals surface area contributed by atoms with Gasteiger partial charge in [-0.2, -0.15) is 0 Å². The van der Waals surface area contributed by atoms with Crippen LogP contribution in [0, 0.1) is 5.41 Å². The molecule has 1 amide bonds. The van der Waals surface area contributed by atoms with Crippen LogP contribution < -0.4 is 0 Å². The van der Waals surface area contributed by atoms with Gasteiger partial charge in [0.2, 0.25) is 5.91 Å². The average molecular weight is 296 g/mol. The molecule has 1 heterocycles. The van der Waals surface area contributed by atoms with Gasteiger partial charge in [0, 0.05) is 24.5 Å². The molecule has 108 valence electrons. The topological polar surface area (TPSA) is 57.6 Å². The number of likely N-dealkylation sites (tertiary alicyclic amines) is 1. The molecule has 1 aromatic rings. The minimum Gasteiger partial charge on any atom is -0.481 e. The van der Waals surface area contributed by atoms with Gasteiger partial charge >= 0.3 is 5.97 Å². The fraction of sp³-hybridized carbons (Fsp3) is 0.467. The van der Waals surface area contributed by atoms with Crippen LogP contribution in [-0.2, 0) is 16.0 Å². The van der Waals surface area contributed by atoms with E-state index in [9.17, 15) is 9.59 Å². The van der Waals surface area contributed by atoms with Crippen molar-refractivity contribution in [2.45, 2.75) is 26.2 Å². The Hall–Kier alpha value is -1.55. The highest BCUT2D eigenvalue weighted by molar-refractivity contribution is 6.31. The van der Waals surface area contributed by atoms with Crippen molar-refractivity contribution < 1.29 is 14.7 Å². The number of aryl methyl sites for hydroxylation is 1. The number of carbonyl (C=O) groups is 2. The molecule has 0 saturated carbocycles. The zero-order valence-electron chi connectivity index (χ0n) is 11.4. The molecular weight excluding hydrogens is 278 g/mol. The van der Waals surface area contributed by atoms with Crippen molar-refractivity contribution in [3.05, 3.63) is 34.9 Å². The lowest BCUT2D eigenvalue weighted by molar-refractivity contribution is -0.147. The van der Waals surface area contributed by atoms with Crippen molar-refractivity contribution in [2.24, 2.45) is 5.41 Å². The first-order chi connectivity index (χ1) is 9.42. The summed E-state index contributed by atoms with van der Waals surface area (Å²) in [4.78, 5) is 24.9. The monoisotopic (exact) mass is 295 g/mol. The van der Waals surface area contributed by atoms with Crippen molar-refractivity contribution in [3.8, 4) is 0 Å². The Balaban J connectivity index is 1.91. The van der Waals surface area contributed by atoms with Crippen molar-refractivity contribution in [1.29, 1.82) is 0 Å². The second kappa shape index (κ2) is 5.83. The lowest BCUT2D eigenvalue weighted by Gasteiger charge is -2.20. The van der Waals surface area contributed by atoms with Crippen molar-refractivity contribution in [1.82, 2.24) is 4.90 Å². The first-order valence-corrected chi connectivity index (χ1v) is 7.05. The fourth-order valence-electron chi connectivity index (χ4n) is 2.45. The first-order valence-electron chi connectivity index (χ1n) is 6.67. The maximum Gasteiger partial charge on any atom is 0.311 e. The maximum absolute atomic E-state index is 12.1. The highest BCUT2D eigenvalue weighted by Crippen LogP contribution is 2.30. The Bertz CT molecular complexity index is 532. The number of hydrogen-bond donors (Lipinski definition) is 1. The highest BCUT2D eigenvalue weighted by Gasteiger charge is 2.41. The molecule has 0 aliphatic carbocycles. The number of nitrogens with zero attached hydrogens (tertiary/aromatic N) is 1. The molecule has 1 atom stereocenters. The van der Waals surface area contributed by atoms with Gasteiger partial charge in [-0.3, -0.25) is 9.59 Å². The largest absolute Gasteiger partial charge is 0.481 e. The van der Waals surface area contributed by atoms with E-state index in [4.69, 9.17) is 16.7 Å². The summed E-state index contributed by atoms with van der Waals surface area (Å²) in [6.07, 6.45) is 1.46. The molecule has 20 heavy (non-hydrogen) atoms. The van der Waals surface area contributed by atoms with Gasteiger partial charge in [-0.05, 0) is 31.4 Å². The van der Waals surface area contributed by atoms with Crippen LogP contribution in [0.3, 0.4) is 0 Å². The number of carboxylic acid groups (broad SMARTS) is 1. The molecule has 1 saturated heterocycles. The van der Waals surface area contributed by atoms with E-state index in [1.54, 1.807) is 17.9 Å². The van der Waals surface area contributed by atoms with Crippen LogP contribution in [0.1, 0.15) is 25.3 Å². The molecule has 0 unspecified atom stereocenters. The Morgan fingerprint density at radius 3 is 2.70 bits per heavy atom. The number of halogens is 1. The minimum absolute atomic E-state index is 0.00473. The van der Waals surface area contributed by atoms with Gasteiger partial charge in [0.1, 0.15) is 0 Å². The summed E-state index contributed by atoms with van der Waals surface area (Å²) in [6.45, 7) is 2.50. The third kappa shape index (κ3) is 3.12. The number of benzene rings is 1. The van der Waals surface area contributed by atoms with E-state index in [0.717, 1.165) is 5.56 Å². The van der Waals surface area contributed by atoms with Crippen molar-refractivity contribution in [3.63, 3.8) is 0 Å². The molecule has 4 nitrogen and oxygen atoms in total. The van der Waals surface area contributed by atoms with Crippen LogP contribution >= 0.6 is 11.6 Å². The summed E-state index contributed by atoms with van der Waals surface area (Å²) in [5.41, 5.74) is 0.141. The Morgan fingerprint density at radius 2 is 2.10 bits per heavy atom. The summed E-state index contributed by atoms with van der Waals surface area (Å²) in [5, 5.41) is 9.82. The standard InChI is InChI=1S/C15H18ClNO3/c1-15(14(19)20)8-9-17(10-15)13(18)7-6-11-4-2-3-5-12(11)16/h2-5H,6-10H2,1H3,(H,19,20)/t15-/m1/s1. The van der Waals surface area contributed by atoms with Crippen LogP contribution in [0.5, 0.6) is 0 Å². The lowest BCUT2D eigenvalue weighted by atomic mass is 9.90. The third-order valence-electron chi connectivity index (χ3n) is 3.91. The molecule has 5 heteroatoms. The zero-order valence-corrected chi connectivity index (χ0v) is 12.2. The van der Waals surface area contributed by atoms with Gasteiger partial charge in [-0.25, -0.2) is 0 Å². The molecule has 0 bridgehead atoms. The van der Waals surface area contributed by atoms with E-state index < -0.39 is 11.4 Å². The summed E-state index contributed by atoms with van der Waals surface area (Å²) < 4.78 is 0. The summed E-state index contributed by atoms with van der Waals surface area (Å²) in [7, 11) is 0. The maximum atomic E-state index is 12.1. The van der Waals surface area contributed by atoms with E-state index >= 15 is 0 Å². The van der Waals surface area contributed by atoms with Crippen molar-refractivity contribution in [2.75, 3.05) is 13.1 Å². The van der Waals surface area contributed by atoms with E-state index in [1.807, 2.05) is 18.2 Å². The quantitative estimate of drug-likeness (QED) is 0.929. The van der Waals surface area contributed by atoms with E-state index in [0.29, 0.717) is 37.4 Å². The fourth-order valence-corrected chi connectivity index (χ4v) is 2.68. The molecule has 0 spiro atoms.